The summed E-state index contributed by atoms with van der Waals surface area (Å²) in [7, 11) is 0. The third-order valence-corrected chi connectivity index (χ3v) is 4.63. The lowest BCUT2D eigenvalue weighted by Gasteiger charge is -2.20. The molecule has 0 saturated carbocycles. The van der Waals surface area contributed by atoms with Gasteiger partial charge in [0.25, 0.3) is 0 Å². The average Bonchev–Trinajstić information content (AvgIpc) is 3.25. The van der Waals surface area contributed by atoms with Gasteiger partial charge >= 0.3 is 6.09 Å². The maximum atomic E-state index is 12.7. The van der Waals surface area contributed by atoms with Crippen LogP contribution in [0.2, 0.25) is 0 Å². The number of rotatable bonds is 8. The van der Waals surface area contributed by atoms with E-state index in [0.29, 0.717) is 13.0 Å². The molecule has 1 aliphatic heterocycles. The highest BCUT2D eigenvalue weighted by Crippen LogP contribution is 2.11. The molecule has 2 aromatic rings. The Balaban J connectivity index is 1.56. The highest BCUT2D eigenvalue weighted by Gasteiger charge is 2.24. The molecular formula is C22H26N2O4. The van der Waals surface area contributed by atoms with Crippen LogP contribution in [0.15, 0.2) is 60.7 Å². The van der Waals surface area contributed by atoms with Crippen LogP contribution in [0.4, 0.5) is 4.79 Å². The first-order valence-corrected chi connectivity index (χ1v) is 9.61. The Bertz CT molecular complexity index is 746. The third kappa shape index (κ3) is 6.39. The van der Waals surface area contributed by atoms with Crippen molar-refractivity contribution in [3.05, 3.63) is 71.8 Å². The van der Waals surface area contributed by atoms with Gasteiger partial charge in [0.1, 0.15) is 12.6 Å². The lowest BCUT2D eigenvalue weighted by atomic mass is 10.1. The fourth-order valence-electron chi connectivity index (χ4n) is 3.11. The van der Waals surface area contributed by atoms with E-state index in [1.54, 1.807) is 0 Å². The molecule has 2 amide bonds. The molecule has 6 nitrogen and oxygen atoms in total. The van der Waals surface area contributed by atoms with Crippen LogP contribution in [-0.4, -0.2) is 37.3 Å². The molecule has 1 saturated heterocycles. The zero-order valence-electron chi connectivity index (χ0n) is 15.8. The Kier molecular flexibility index (Phi) is 7.44. The molecular weight excluding hydrogens is 356 g/mol. The second kappa shape index (κ2) is 10.5. The molecule has 1 fully saturated rings. The molecule has 148 valence electrons. The molecule has 1 heterocycles. The number of hydrogen-bond donors (Lipinski definition) is 2. The van der Waals surface area contributed by atoms with E-state index in [1.807, 2.05) is 60.7 Å². The number of amides is 2. The predicted octanol–water partition coefficient (Wildman–Crippen LogP) is 2.82. The van der Waals surface area contributed by atoms with Crippen molar-refractivity contribution in [3.8, 4) is 0 Å². The molecule has 0 aromatic heterocycles. The van der Waals surface area contributed by atoms with Gasteiger partial charge in [-0.2, -0.15) is 0 Å². The van der Waals surface area contributed by atoms with E-state index >= 15 is 0 Å². The van der Waals surface area contributed by atoms with Gasteiger partial charge in [-0.15, -0.1) is 0 Å². The van der Waals surface area contributed by atoms with Crippen molar-refractivity contribution in [1.29, 1.82) is 0 Å². The number of carbonyl (C=O) groups excluding carboxylic acids is 2. The van der Waals surface area contributed by atoms with Crippen LogP contribution in [0.5, 0.6) is 0 Å². The average molecular weight is 382 g/mol. The van der Waals surface area contributed by atoms with Crippen LogP contribution in [0.25, 0.3) is 0 Å². The Morgan fingerprint density at radius 2 is 1.71 bits per heavy atom. The van der Waals surface area contributed by atoms with Gasteiger partial charge in [-0.25, -0.2) is 4.79 Å². The van der Waals surface area contributed by atoms with Crippen molar-refractivity contribution >= 4 is 12.0 Å². The lowest BCUT2D eigenvalue weighted by Crippen LogP contribution is -2.49. The number of benzene rings is 2. The van der Waals surface area contributed by atoms with E-state index < -0.39 is 12.1 Å². The van der Waals surface area contributed by atoms with Gasteiger partial charge in [-0.05, 0) is 24.0 Å². The van der Waals surface area contributed by atoms with E-state index in [9.17, 15) is 9.59 Å². The van der Waals surface area contributed by atoms with Gasteiger partial charge in [0.2, 0.25) is 5.91 Å². The van der Waals surface area contributed by atoms with E-state index in [0.717, 1.165) is 30.6 Å². The van der Waals surface area contributed by atoms with E-state index in [4.69, 9.17) is 9.47 Å². The summed E-state index contributed by atoms with van der Waals surface area (Å²) < 4.78 is 10.8. The Morgan fingerprint density at radius 1 is 1.04 bits per heavy atom. The number of hydrogen-bond acceptors (Lipinski definition) is 4. The molecule has 28 heavy (non-hydrogen) atoms. The maximum Gasteiger partial charge on any atom is 0.408 e. The first-order valence-electron chi connectivity index (χ1n) is 9.61. The fourth-order valence-corrected chi connectivity index (χ4v) is 3.11. The van der Waals surface area contributed by atoms with E-state index in [1.165, 1.54) is 0 Å². The molecule has 2 N–H and O–H groups in total. The maximum absolute atomic E-state index is 12.7. The van der Waals surface area contributed by atoms with Crippen LogP contribution < -0.4 is 10.6 Å². The lowest BCUT2D eigenvalue weighted by molar-refractivity contribution is -0.123. The van der Waals surface area contributed by atoms with Crippen molar-refractivity contribution in [2.24, 2.45) is 0 Å². The van der Waals surface area contributed by atoms with Crippen LogP contribution in [-0.2, 0) is 27.3 Å². The largest absolute Gasteiger partial charge is 0.445 e. The number of alkyl carbamates (subject to hydrolysis) is 1. The van der Waals surface area contributed by atoms with E-state index in [-0.39, 0.29) is 18.6 Å². The van der Waals surface area contributed by atoms with Gasteiger partial charge in [0, 0.05) is 19.6 Å². The number of nitrogens with one attached hydrogen (secondary N) is 2. The molecule has 2 atom stereocenters. The summed E-state index contributed by atoms with van der Waals surface area (Å²) in [5, 5.41) is 5.59. The second-order valence-electron chi connectivity index (χ2n) is 6.83. The van der Waals surface area contributed by atoms with Gasteiger partial charge in [-0.1, -0.05) is 60.7 Å². The van der Waals surface area contributed by atoms with Crippen molar-refractivity contribution in [2.45, 2.75) is 38.0 Å². The first kappa shape index (κ1) is 19.9. The molecule has 3 rings (SSSR count). The summed E-state index contributed by atoms with van der Waals surface area (Å²) in [5.74, 6) is -0.240. The van der Waals surface area contributed by atoms with Crippen molar-refractivity contribution < 1.29 is 19.1 Å². The van der Waals surface area contributed by atoms with Gasteiger partial charge in [0.05, 0.1) is 6.10 Å². The van der Waals surface area contributed by atoms with Crippen LogP contribution >= 0.6 is 0 Å². The molecule has 0 unspecified atom stereocenters. The molecule has 0 aliphatic carbocycles. The van der Waals surface area contributed by atoms with Gasteiger partial charge in [0.15, 0.2) is 0 Å². The highest BCUT2D eigenvalue weighted by molar-refractivity contribution is 5.85. The third-order valence-electron chi connectivity index (χ3n) is 4.63. The normalized spacial score (nSPS) is 16.9. The molecule has 1 aliphatic rings. The minimum Gasteiger partial charge on any atom is -0.445 e. The smallest absolute Gasteiger partial charge is 0.408 e. The minimum atomic E-state index is -0.716. The van der Waals surface area contributed by atoms with Crippen LogP contribution in [0, 0.1) is 0 Å². The van der Waals surface area contributed by atoms with Gasteiger partial charge < -0.3 is 20.1 Å². The quantitative estimate of drug-likeness (QED) is 0.736. The number of carbonyl (C=O) groups is 2. The zero-order chi connectivity index (χ0) is 19.6. The monoisotopic (exact) mass is 382 g/mol. The molecule has 2 aromatic carbocycles. The summed E-state index contributed by atoms with van der Waals surface area (Å²) in [6.07, 6.45) is 1.77. The SMILES string of the molecule is O=C(N[C@@H](Cc1ccccc1)C(=O)NC[C@H]1CCCO1)OCc1ccccc1. The summed E-state index contributed by atoms with van der Waals surface area (Å²) in [5.41, 5.74) is 1.85. The minimum absolute atomic E-state index is 0.0476. The first-order chi connectivity index (χ1) is 13.7. The zero-order valence-corrected chi connectivity index (χ0v) is 15.8. The summed E-state index contributed by atoms with van der Waals surface area (Å²) in [6, 6.07) is 18.3. The highest BCUT2D eigenvalue weighted by atomic mass is 16.5. The van der Waals surface area contributed by atoms with Crippen molar-refractivity contribution in [3.63, 3.8) is 0 Å². The molecule has 0 bridgehead atoms. The topological polar surface area (TPSA) is 76.7 Å². The standard InChI is InChI=1S/C22H26N2O4/c25-21(23-15-19-12-7-13-27-19)20(14-17-8-3-1-4-9-17)24-22(26)28-16-18-10-5-2-6-11-18/h1-6,8-11,19-20H,7,12-16H2,(H,23,25)(H,24,26)/t19-,20+/m1/s1. The fraction of sp³-hybridized carbons (Fsp3) is 0.364. The van der Waals surface area contributed by atoms with Crippen molar-refractivity contribution in [2.75, 3.05) is 13.2 Å². The van der Waals surface area contributed by atoms with Crippen molar-refractivity contribution in [1.82, 2.24) is 10.6 Å². The molecule has 0 radical (unpaired) electrons. The number of ether oxygens (including phenoxy) is 2. The summed E-state index contributed by atoms with van der Waals surface area (Å²) in [4.78, 5) is 24.9. The summed E-state index contributed by atoms with van der Waals surface area (Å²) in [6.45, 7) is 1.34. The second-order valence-corrected chi connectivity index (χ2v) is 6.83. The van der Waals surface area contributed by atoms with E-state index in [2.05, 4.69) is 10.6 Å². The predicted molar refractivity (Wildman–Crippen MR) is 106 cm³/mol. The Hall–Kier alpha value is -2.86. The molecule has 6 heteroatoms. The Labute approximate surface area is 165 Å². The molecule has 0 spiro atoms. The Morgan fingerprint density at radius 3 is 2.36 bits per heavy atom. The van der Waals surface area contributed by atoms with Gasteiger partial charge in [-0.3, -0.25) is 4.79 Å². The van der Waals surface area contributed by atoms with Crippen LogP contribution in [0.1, 0.15) is 24.0 Å². The summed E-state index contributed by atoms with van der Waals surface area (Å²) >= 11 is 0. The van der Waals surface area contributed by atoms with Crippen LogP contribution in [0.3, 0.4) is 0 Å².